The minimum Gasteiger partial charge on any atom is -0.398 e. The molecule has 2 aromatic rings. The quantitative estimate of drug-likeness (QED) is 0.847. The van der Waals surface area contributed by atoms with Crippen LogP contribution in [0.1, 0.15) is 30.0 Å². The first-order valence-corrected chi connectivity index (χ1v) is 6.88. The molecule has 2 aromatic carbocycles. The molecule has 0 aromatic heterocycles. The van der Waals surface area contributed by atoms with Gasteiger partial charge in [0, 0.05) is 5.70 Å². The molecule has 0 fully saturated rings. The fourth-order valence-electron chi connectivity index (χ4n) is 2.11. The maximum Gasteiger partial charge on any atom is 0.0350 e. The Morgan fingerprint density at radius 1 is 0.947 bits per heavy atom. The van der Waals surface area contributed by atoms with E-state index >= 15 is 0 Å². The molecule has 0 atom stereocenters. The molecule has 1 nitrogen and oxygen atoms in total. The lowest BCUT2D eigenvalue weighted by molar-refractivity contribution is 0.921. The number of aryl methyl sites for hydroxylation is 1. The maximum absolute atomic E-state index is 6.13. The summed E-state index contributed by atoms with van der Waals surface area (Å²) < 4.78 is 0. The third kappa shape index (κ3) is 3.99. The molecule has 19 heavy (non-hydrogen) atoms. The molecule has 0 heterocycles. The molecule has 98 valence electrons. The normalized spacial score (nSPS) is 11.5. The predicted molar refractivity (Wildman–Crippen MR) is 82.7 cm³/mol. The van der Waals surface area contributed by atoms with Gasteiger partial charge in [-0.25, -0.2) is 0 Å². The largest absolute Gasteiger partial charge is 0.398 e. The number of rotatable bonds is 5. The number of hydrogen-bond donors (Lipinski definition) is 1. The molecule has 1 heteroatoms. The van der Waals surface area contributed by atoms with Crippen LogP contribution >= 0.6 is 0 Å². The van der Waals surface area contributed by atoms with Crippen molar-refractivity contribution in [3.63, 3.8) is 0 Å². The highest BCUT2D eigenvalue weighted by molar-refractivity contribution is 5.63. The van der Waals surface area contributed by atoms with E-state index in [4.69, 9.17) is 5.73 Å². The Bertz CT molecular complexity index is 523. The Labute approximate surface area is 115 Å². The lowest BCUT2D eigenvalue weighted by atomic mass is 10.0. The molecule has 0 aliphatic heterocycles. The molecule has 0 amide bonds. The third-order valence-electron chi connectivity index (χ3n) is 3.23. The van der Waals surface area contributed by atoms with E-state index in [-0.39, 0.29) is 0 Å². The second kappa shape index (κ2) is 6.79. The molecule has 0 saturated heterocycles. The molecule has 0 aliphatic carbocycles. The molecule has 0 spiro atoms. The second-order valence-corrected chi connectivity index (χ2v) is 4.80. The second-order valence-electron chi connectivity index (χ2n) is 4.80. The van der Waals surface area contributed by atoms with Crippen molar-refractivity contribution >= 4 is 5.70 Å². The fourth-order valence-corrected chi connectivity index (χ4v) is 2.11. The first-order chi connectivity index (χ1) is 9.29. The Hall–Kier alpha value is -2.02. The van der Waals surface area contributed by atoms with Gasteiger partial charge in [-0.3, -0.25) is 0 Å². The molecular formula is C18H21N. The van der Waals surface area contributed by atoms with Crippen molar-refractivity contribution in [1.29, 1.82) is 0 Å². The van der Waals surface area contributed by atoms with Gasteiger partial charge in [-0.05, 0) is 29.5 Å². The van der Waals surface area contributed by atoms with E-state index in [0.29, 0.717) is 0 Å². The summed E-state index contributed by atoms with van der Waals surface area (Å²) in [5.41, 5.74) is 10.8. The van der Waals surface area contributed by atoms with Gasteiger partial charge < -0.3 is 5.73 Å². The molecule has 0 saturated carbocycles. The van der Waals surface area contributed by atoms with Gasteiger partial charge in [-0.2, -0.15) is 0 Å². The summed E-state index contributed by atoms with van der Waals surface area (Å²) in [6.07, 6.45) is 5.28. The van der Waals surface area contributed by atoms with Crippen LogP contribution < -0.4 is 5.73 Å². The summed E-state index contributed by atoms with van der Waals surface area (Å²) in [5, 5.41) is 0. The molecule has 0 bridgehead atoms. The zero-order valence-corrected chi connectivity index (χ0v) is 11.5. The maximum atomic E-state index is 6.13. The first-order valence-electron chi connectivity index (χ1n) is 6.88. The van der Waals surface area contributed by atoms with Crippen LogP contribution in [-0.2, 0) is 12.8 Å². The number of benzene rings is 2. The first kappa shape index (κ1) is 13.4. The molecule has 0 aliphatic rings. The van der Waals surface area contributed by atoms with Crippen LogP contribution in [0.3, 0.4) is 0 Å². The average molecular weight is 251 g/mol. The van der Waals surface area contributed by atoms with E-state index in [1.54, 1.807) is 0 Å². The van der Waals surface area contributed by atoms with Crippen LogP contribution in [0.4, 0.5) is 0 Å². The van der Waals surface area contributed by atoms with E-state index in [2.05, 4.69) is 61.5 Å². The molecular weight excluding hydrogens is 230 g/mol. The SMILES string of the molecule is CCCc1ccc(/C(N)=C/Cc2ccccc2)cc1. The van der Waals surface area contributed by atoms with Crippen LogP contribution in [0, 0.1) is 0 Å². The van der Waals surface area contributed by atoms with Crippen LogP contribution in [0.25, 0.3) is 5.70 Å². The van der Waals surface area contributed by atoms with Crippen LogP contribution in [0.2, 0.25) is 0 Å². The molecule has 0 radical (unpaired) electrons. The van der Waals surface area contributed by atoms with Crippen LogP contribution in [-0.4, -0.2) is 0 Å². The Morgan fingerprint density at radius 3 is 2.26 bits per heavy atom. The number of allylic oxidation sites excluding steroid dienone is 1. The van der Waals surface area contributed by atoms with Crippen molar-refractivity contribution in [1.82, 2.24) is 0 Å². The topological polar surface area (TPSA) is 26.0 Å². The zero-order chi connectivity index (χ0) is 13.5. The van der Waals surface area contributed by atoms with Crippen molar-refractivity contribution in [2.45, 2.75) is 26.2 Å². The zero-order valence-electron chi connectivity index (χ0n) is 11.5. The van der Waals surface area contributed by atoms with E-state index in [9.17, 15) is 0 Å². The molecule has 2 N–H and O–H groups in total. The van der Waals surface area contributed by atoms with Gasteiger partial charge in [-0.15, -0.1) is 0 Å². The standard InChI is InChI=1S/C18H21N/c1-2-6-15-9-12-17(13-10-15)18(19)14-11-16-7-4-3-5-8-16/h3-5,7-10,12-14H,2,6,11,19H2,1H3/b18-14-. The minimum atomic E-state index is 0.854. The highest BCUT2D eigenvalue weighted by Gasteiger charge is 1.97. The lowest BCUT2D eigenvalue weighted by Gasteiger charge is -2.04. The minimum absolute atomic E-state index is 0.854. The Morgan fingerprint density at radius 2 is 1.63 bits per heavy atom. The van der Waals surface area contributed by atoms with E-state index in [0.717, 1.165) is 24.1 Å². The van der Waals surface area contributed by atoms with Gasteiger partial charge in [0.2, 0.25) is 0 Å². The number of hydrogen-bond acceptors (Lipinski definition) is 1. The van der Waals surface area contributed by atoms with Gasteiger partial charge in [0.25, 0.3) is 0 Å². The Balaban J connectivity index is 2.04. The van der Waals surface area contributed by atoms with Crippen molar-refractivity contribution < 1.29 is 0 Å². The van der Waals surface area contributed by atoms with E-state index in [1.807, 2.05) is 6.07 Å². The van der Waals surface area contributed by atoms with Crippen molar-refractivity contribution in [3.8, 4) is 0 Å². The summed E-state index contributed by atoms with van der Waals surface area (Å²) >= 11 is 0. The van der Waals surface area contributed by atoms with Crippen molar-refractivity contribution in [3.05, 3.63) is 77.4 Å². The van der Waals surface area contributed by atoms with Gasteiger partial charge in [0.05, 0.1) is 0 Å². The highest BCUT2D eigenvalue weighted by atomic mass is 14.6. The summed E-state index contributed by atoms with van der Waals surface area (Å²) in [7, 11) is 0. The van der Waals surface area contributed by atoms with Gasteiger partial charge in [0.15, 0.2) is 0 Å². The Kier molecular flexibility index (Phi) is 4.79. The third-order valence-corrected chi connectivity index (χ3v) is 3.23. The molecule has 2 rings (SSSR count). The molecule has 0 unspecified atom stereocenters. The van der Waals surface area contributed by atoms with E-state index in [1.165, 1.54) is 17.5 Å². The van der Waals surface area contributed by atoms with E-state index < -0.39 is 0 Å². The number of nitrogens with two attached hydrogens (primary N) is 1. The summed E-state index contributed by atoms with van der Waals surface area (Å²) in [6, 6.07) is 18.9. The average Bonchev–Trinajstić information content (AvgIpc) is 2.47. The fraction of sp³-hybridized carbons (Fsp3) is 0.222. The van der Waals surface area contributed by atoms with Gasteiger partial charge >= 0.3 is 0 Å². The van der Waals surface area contributed by atoms with Gasteiger partial charge in [-0.1, -0.05) is 74.0 Å². The summed E-state index contributed by atoms with van der Waals surface area (Å²) in [5.74, 6) is 0. The highest BCUT2D eigenvalue weighted by Crippen LogP contribution is 2.13. The lowest BCUT2D eigenvalue weighted by Crippen LogP contribution is -1.97. The van der Waals surface area contributed by atoms with Crippen LogP contribution in [0.15, 0.2) is 60.7 Å². The van der Waals surface area contributed by atoms with Crippen molar-refractivity contribution in [2.75, 3.05) is 0 Å². The monoisotopic (exact) mass is 251 g/mol. The van der Waals surface area contributed by atoms with Crippen LogP contribution in [0.5, 0.6) is 0 Å². The smallest absolute Gasteiger partial charge is 0.0350 e. The predicted octanol–water partition coefficient (Wildman–Crippen LogP) is 4.18. The van der Waals surface area contributed by atoms with Crippen molar-refractivity contribution in [2.24, 2.45) is 5.73 Å². The summed E-state index contributed by atoms with van der Waals surface area (Å²) in [6.45, 7) is 2.20. The summed E-state index contributed by atoms with van der Waals surface area (Å²) in [4.78, 5) is 0. The van der Waals surface area contributed by atoms with Gasteiger partial charge in [0.1, 0.15) is 0 Å².